The van der Waals surface area contributed by atoms with Gasteiger partial charge in [0.2, 0.25) is 0 Å². The topological polar surface area (TPSA) is 97.9 Å². The lowest BCUT2D eigenvalue weighted by molar-refractivity contribution is 0.291. The summed E-state index contributed by atoms with van der Waals surface area (Å²) in [4.78, 5) is 3.99. The minimum absolute atomic E-state index is 0.154. The van der Waals surface area contributed by atoms with Gasteiger partial charge in [-0.2, -0.15) is 5.26 Å². The molecule has 126 valence electrons. The third-order valence-electron chi connectivity index (χ3n) is 3.63. The van der Waals surface area contributed by atoms with Crippen molar-refractivity contribution in [2.24, 2.45) is 0 Å². The van der Waals surface area contributed by atoms with Crippen molar-refractivity contribution in [2.45, 2.75) is 32.3 Å². The molecule has 24 heavy (non-hydrogen) atoms. The minimum atomic E-state index is -0.848. The van der Waals surface area contributed by atoms with Crippen molar-refractivity contribution in [1.82, 2.24) is 4.98 Å². The Hall–Kier alpha value is -2.88. The Bertz CT molecular complexity index is 774. The van der Waals surface area contributed by atoms with E-state index in [2.05, 4.69) is 11.1 Å². The van der Waals surface area contributed by atoms with Gasteiger partial charge in [0.1, 0.15) is 24.0 Å². The van der Waals surface area contributed by atoms with E-state index in [1.54, 1.807) is 6.07 Å². The fraction of sp³-hybridized carbons (Fsp3) is 0.294. The normalized spacial score (nSPS) is 11.8. The van der Waals surface area contributed by atoms with E-state index in [1.165, 1.54) is 6.20 Å². The fourth-order valence-electron chi connectivity index (χ4n) is 2.31. The van der Waals surface area contributed by atoms with Crippen molar-refractivity contribution in [1.29, 1.82) is 5.26 Å². The summed E-state index contributed by atoms with van der Waals surface area (Å²) in [6.07, 6.45) is 2.79. The van der Waals surface area contributed by atoms with Crippen LogP contribution < -0.4 is 16.2 Å². The summed E-state index contributed by atoms with van der Waals surface area (Å²) >= 11 is 0. The molecule has 0 aliphatic rings. The summed E-state index contributed by atoms with van der Waals surface area (Å²) in [5.41, 5.74) is 11.4. The number of hydrogen-bond acceptors (Lipinski definition) is 5. The number of hydrogen-bond donors (Lipinski definition) is 2. The highest BCUT2D eigenvalue weighted by Gasteiger charge is 2.16. The van der Waals surface area contributed by atoms with Crippen LogP contribution in [0.3, 0.4) is 0 Å². The Morgan fingerprint density at radius 1 is 1.33 bits per heavy atom. The minimum Gasteiger partial charge on any atom is -0.487 e. The molecule has 0 saturated heterocycles. The molecule has 0 fully saturated rings. The molecule has 0 aliphatic heterocycles. The largest absolute Gasteiger partial charge is 0.487 e. The second-order valence-corrected chi connectivity index (χ2v) is 5.33. The van der Waals surface area contributed by atoms with Gasteiger partial charge in [-0.1, -0.05) is 13.3 Å². The number of benzene rings is 1. The van der Waals surface area contributed by atoms with Crippen molar-refractivity contribution < 1.29 is 13.5 Å². The van der Waals surface area contributed by atoms with Crippen LogP contribution in [-0.2, 0) is 6.61 Å². The maximum Gasteiger partial charge on any atom is 0.155 e. The Morgan fingerprint density at radius 3 is 2.75 bits per heavy atom. The SMILES string of the molecule is CCCC(C#N)c1cc(OCc2c(F)ccc(N)c2F)cnc1N. The molecule has 1 atom stereocenters. The fourth-order valence-corrected chi connectivity index (χ4v) is 2.31. The number of rotatable bonds is 6. The van der Waals surface area contributed by atoms with E-state index in [9.17, 15) is 14.0 Å². The molecule has 7 heteroatoms. The third kappa shape index (κ3) is 3.71. The molecule has 0 saturated carbocycles. The number of nitrogens with zero attached hydrogens (tertiary/aromatic N) is 2. The monoisotopic (exact) mass is 332 g/mol. The molecule has 4 N–H and O–H groups in total. The number of nitrogens with two attached hydrogens (primary N) is 2. The van der Waals surface area contributed by atoms with Crippen LogP contribution in [0.15, 0.2) is 24.4 Å². The predicted octanol–water partition coefficient (Wildman–Crippen LogP) is 3.51. The van der Waals surface area contributed by atoms with E-state index in [1.807, 2.05) is 6.92 Å². The summed E-state index contributed by atoms with van der Waals surface area (Å²) < 4.78 is 33.0. The van der Waals surface area contributed by atoms with E-state index in [-0.39, 0.29) is 29.4 Å². The third-order valence-corrected chi connectivity index (χ3v) is 3.63. The standard InChI is InChI=1S/C17H18F2N4O/c1-2-3-10(7-20)12-6-11(8-23-17(12)22)24-9-13-14(18)4-5-15(21)16(13)19/h4-6,8,10H,2-3,9,21H2,1H3,(H2,22,23). The highest BCUT2D eigenvalue weighted by atomic mass is 19.1. The summed E-state index contributed by atoms with van der Waals surface area (Å²) in [6, 6.07) is 5.98. The molecule has 0 bridgehead atoms. The molecule has 0 radical (unpaired) electrons. The summed E-state index contributed by atoms with van der Waals surface area (Å²) in [5.74, 6) is -1.49. The number of pyridine rings is 1. The van der Waals surface area contributed by atoms with Crippen LogP contribution in [0.4, 0.5) is 20.3 Å². The maximum atomic E-state index is 13.9. The molecular formula is C17H18F2N4O. The van der Waals surface area contributed by atoms with Crippen molar-refractivity contribution in [3.63, 3.8) is 0 Å². The van der Waals surface area contributed by atoms with E-state index < -0.39 is 17.6 Å². The van der Waals surface area contributed by atoms with E-state index in [0.717, 1.165) is 18.6 Å². The van der Waals surface area contributed by atoms with Gasteiger partial charge in [0.15, 0.2) is 5.82 Å². The highest BCUT2D eigenvalue weighted by Crippen LogP contribution is 2.28. The number of nitrogen functional groups attached to an aromatic ring is 2. The average molecular weight is 332 g/mol. The van der Waals surface area contributed by atoms with E-state index in [4.69, 9.17) is 16.2 Å². The number of aromatic nitrogens is 1. The van der Waals surface area contributed by atoms with Gasteiger partial charge in [-0.25, -0.2) is 13.8 Å². The quantitative estimate of drug-likeness (QED) is 0.789. The zero-order chi connectivity index (χ0) is 17.7. The zero-order valence-corrected chi connectivity index (χ0v) is 13.2. The molecule has 0 amide bonds. The van der Waals surface area contributed by atoms with Crippen LogP contribution in [0.25, 0.3) is 0 Å². The molecule has 2 rings (SSSR count). The molecule has 1 aromatic heterocycles. The number of nitriles is 1. The predicted molar refractivity (Wildman–Crippen MR) is 87.0 cm³/mol. The summed E-state index contributed by atoms with van der Waals surface area (Å²) in [6.45, 7) is 1.61. The van der Waals surface area contributed by atoms with Crippen molar-refractivity contribution in [3.8, 4) is 11.8 Å². The van der Waals surface area contributed by atoms with Crippen molar-refractivity contribution in [2.75, 3.05) is 11.5 Å². The molecule has 5 nitrogen and oxygen atoms in total. The maximum absolute atomic E-state index is 13.9. The molecule has 2 aromatic rings. The van der Waals surface area contributed by atoms with Gasteiger partial charge in [0.05, 0.1) is 29.4 Å². The lowest BCUT2D eigenvalue weighted by Gasteiger charge is -2.13. The van der Waals surface area contributed by atoms with Crippen LogP contribution in [0, 0.1) is 23.0 Å². The van der Waals surface area contributed by atoms with Crippen LogP contribution in [0.1, 0.15) is 36.8 Å². The second-order valence-electron chi connectivity index (χ2n) is 5.33. The molecule has 1 unspecified atom stereocenters. The highest BCUT2D eigenvalue weighted by molar-refractivity contribution is 5.47. The molecular weight excluding hydrogens is 314 g/mol. The Morgan fingerprint density at radius 2 is 2.08 bits per heavy atom. The van der Waals surface area contributed by atoms with Gasteiger partial charge in [0.25, 0.3) is 0 Å². The van der Waals surface area contributed by atoms with Gasteiger partial charge < -0.3 is 16.2 Å². The van der Waals surface area contributed by atoms with Gasteiger partial charge in [0, 0.05) is 5.56 Å². The second kappa shape index (κ2) is 7.59. The number of anilines is 2. The van der Waals surface area contributed by atoms with Crippen molar-refractivity contribution >= 4 is 11.5 Å². The molecule has 0 spiro atoms. The first-order valence-corrected chi connectivity index (χ1v) is 7.48. The van der Waals surface area contributed by atoms with Crippen LogP contribution >= 0.6 is 0 Å². The Balaban J connectivity index is 2.23. The lowest BCUT2D eigenvalue weighted by Crippen LogP contribution is -2.07. The summed E-state index contributed by atoms with van der Waals surface area (Å²) in [5, 5.41) is 9.25. The van der Waals surface area contributed by atoms with Gasteiger partial charge in [-0.15, -0.1) is 0 Å². The average Bonchev–Trinajstić information content (AvgIpc) is 2.57. The number of halogens is 2. The van der Waals surface area contributed by atoms with Crippen molar-refractivity contribution in [3.05, 3.63) is 47.2 Å². The van der Waals surface area contributed by atoms with Gasteiger partial charge in [-0.3, -0.25) is 0 Å². The van der Waals surface area contributed by atoms with E-state index >= 15 is 0 Å². The first-order chi connectivity index (χ1) is 11.5. The van der Waals surface area contributed by atoms with Crippen LogP contribution in [-0.4, -0.2) is 4.98 Å². The lowest BCUT2D eigenvalue weighted by atomic mass is 9.96. The Kier molecular flexibility index (Phi) is 5.53. The van der Waals surface area contributed by atoms with Crippen LogP contribution in [0.5, 0.6) is 5.75 Å². The smallest absolute Gasteiger partial charge is 0.155 e. The molecule has 1 aromatic carbocycles. The first kappa shape index (κ1) is 17.5. The molecule has 0 aliphatic carbocycles. The van der Waals surface area contributed by atoms with Gasteiger partial charge >= 0.3 is 0 Å². The van der Waals surface area contributed by atoms with E-state index in [0.29, 0.717) is 12.0 Å². The summed E-state index contributed by atoms with van der Waals surface area (Å²) in [7, 11) is 0. The van der Waals surface area contributed by atoms with Gasteiger partial charge in [-0.05, 0) is 24.6 Å². The first-order valence-electron chi connectivity index (χ1n) is 7.48. The number of ether oxygens (including phenoxy) is 1. The Labute approximate surface area is 138 Å². The molecule has 1 heterocycles. The zero-order valence-electron chi connectivity index (χ0n) is 13.2. The van der Waals surface area contributed by atoms with Crippen LogP contribution in [0.2, 0.25) is 0 Å².